The molecule has 2 fully saturated rings. The lowest BCUT2D eigenvalue weighted by Crippen LogP contribution is -2.55. The van der Waals surface area contributed by atoms with Gasteiger partial charge in [-0.05, 0) is 73.4 Å². The summed E-state index contributed by atoms with van der Waals surface area (Å²) in [6.45, 7) is 6.58. The Balaban J connectivity index is 1.50. The number of carbonyl (C=O) groups is 3. The van der Waals surface area contributed by atoms with Gasteiger partial charge in [-0.3, -0.25) is 4.79 Å². The molecule has 3 heterocycles. The first-order valence-electron chi connectivity index (χ1n) is 14.7. The second-order valence-electron chi connectivity index (χ2n) is 12.2. The van der Waals surface area contributed by atoms with Gasteiger partial charge in [0.1, 0.15) is 18.2 Å². The van der Waals surface area contributed by atoms with Crippen molar-refractivity contribution in [3.63, 3.8) is 0 Å². The molecule has 4 bridgehead atoms. The van der Waals surface area contributed by atoms with Crippen LogP contribution >= 0.6 is 0 Å². The first kappa shape index (κ1) is 28.2. The predicted octanol–water partition coefficient (Wildman–Crippen LogP) is 4.79. The minimum Gasteiger partial charge on any atom is -0.472 e. The first-order chi connectivity index (χ1) is 19.2. The Morgan fingerprint density at radius 3 is 2.75 bits per heavy atom. The molecule has 1 saturated carbocycles. The van der Waals surface area contributed by atoms with Gasteiger partial charge in [-0.25, -0.2) is 14.6 Å². The van der Waals surface area contributed by atoms with Crippen molar-refractivity contribution in [3.8, 4) is 5.88 Å². The summed E-state index contributed by atoms with van der Waals surface area (Å²) in [5, 5.41) is 4.82. The third kappa shape index (κ3) is 6.34. The Morgan fingerprint density at radius 1 is 1.18 bits per heavy atom. The lowest BCUT2D eigenvalue weighted by molar-refractivity contribution is -0.154. The number of carbonyl (C=O) groups excluding carboxylic acids is 3. The topological polar surface area (TPSA) is 107 Å². The molecule has 2 aliphatic heterocycles. The number of amides is 2. The van der Waals surface area contributed by atoms with E-state index in [0.29, 0.717) is 12.3 Å². The maximum atomic E-state index is 14.1. The number of ether oxygens (including phenoxy) is 3. The highest BCUT2D eigenvalue weighted by molar-refractivity contribution is 5.91. The smallest absolute Gasteiger partial charge is 0.407 e. The van der Waals surface area contributed by atoms with Gasteiger partial charge in [0.05, 0.1) is 19.8 Å². The lowest BCUT2D eigenvalue weighted by atomic mass is 9.87. The molecule has 9 nitrogen and oxygen atoms in total. The summed E-state index contributed by atoms with van der Waals surface area (Å²) in [5.41, 5.74) is 0.951. The maximum absolute atomic E-state index is 14.1. The van der Waals surface area contributed by atoms with E-state index in [0.717, 1.165) is 55.7 Å². The largest absolute Gasteiger partial charge is 0.472 e. The van der Waals surface area contributed by atoms with Gasteiger partial charge in [0, 0.05) is 18.0 Å². The van der Waals surface area contributed by atoms with Gasteiger partial charge in [0.15, 0.2) is 0 Å². The third-order valence-corrected chi connectivity index (χ3v) is 8.50. The number of pyridine rings is 1. The second-order valence-corrected chi connectivity index (χ2v) is 12.2. The summed E-state index contributed by atoms with van der Waals surface area (Å²) < 4.78 is 17.4. The van der Waals surface area contributed by atoms with Crippen molar-refractivity contribution in [1.82, 2.24) is 15.2 Å². The molecule has 0 spiro atoms. The number of benzene rings is 1. The fourth-order valence-corrected chi connectivity index (χ4v) is 6.31. The number of alkyl carbamates (subject to hydrolysis) is 1. The number of nitrogens with one attached hydrogen (secondary N) is 1. The van der Waals surface area contributed by atoms with Crippen LogP contribution in [0.3, 0.4) is 0 Å². The summed E-state index contributed by atoms with van der Waals surface area (Å²) >= 11 is 0. The van der Waals surface area contributed by atoms with Crippen molar-refractivity contribution in [2.75, 3.05) is 19.8 Å². The SMILES string of the molecule is CCOC(=O)[C@@H]1C[C@@H]2CN1C(=O)[C@H](C1CCCC1)NC(=O)OCC(C)(C)CCCc1ccc3ccnc(c3c1)O2. The van der Waals surface area contributed by atoms with Crippen molar-refractivity contribution < 1.29 is 28.6 Å². The number of aryl methyl sites for hydroxylation is 1. The van der Waals surface area contributed by atoms with Crippen LogP contribution in [0.15, 0.2) is 30.5 Å². The monoisotopic (exact) mass is 551 g/mol. The van der Waals surface area contributed by atoms with Crippen molar-refractivity contribution in [1.29, 1.82) is 0 Å². The highest BCUT2D eigenvalue weighted by Crippen LogP contribution is 2.33. The number of rotatable bonds is 3. The molecule has 40 heavy (non-hydrogen) atoms. The molecule has 9 heteroatoms. The van der Waals surface area contributed by atoms with Crippen molar-refractivity contribution in [3.05, 3.63) is 36.0 Å². The highest BCUT2D eigenvalue weighted by Gasteiger charge is 2.46. The molecule has 0 radical (unpaired) electrons. The lowest BCUT2D eigenvalue weighted by Gasteiger charge is -2.31. The van der Waals surface area contributed by atoms with Crippen molar-refractivity contribution >= 4 is 28.7 Å². The molecule has 3 aliphatic rings. The van der Waals surface area contributed by atoms with E-state index in [4.69, 9.17) is 14.2 Å². The number of hydrogen-bond donors (Lipinski definition) is 1. The predicted molar refractivity (Wildman–Crippen MR) is 150 cm³/mol. The zero-order chi connectivity index (χ0) is 28.3. The Hall–Kier alpha value is -3.36. The molecule has 1 N–H and O–H groups in total. The average Bonchev–Trinajstić information content (AvgIpc) is 3.61. The van der Waals surface area contributed by atoms with Gasteiger partial charge in [-0.1, -0.05) is 38.8 Å². The van der Waals surface area contributed by atoms with Crippen LogP contribution in [0.2, 0.25) is 0 Å². The molecule has 3 atom stereocenters. The summed E-state index contributed by atoms with van der Waals surface area (Å²) in [5.74, 6) is -0.270. The number of nitrogens with zero attached hydrogens (tertiary/aromatic N) is 2. The Kier molecular flexibility index (Phi) is 8.47. The number of cyclic esters (lactones) is 1. The quantitative estimate of drug-likeness (QED) is 0.547. The van der Waals surface area contributed by atoms with Gasteiger partial charge < -0.3 is 24.4 Å². The van der Waals surface area contributed by atoms with Gasteiger partial charge in [-0.2, -0.15) is 0 Å². The van der Waals surface area contributed by atoms with E-state index in [-0.39, 0.29) is 37.0 Å². The van der Waals surface area contributed by atoms with E-state index in [1.807, 2.05) is 6.07 Å². The minimum atomic E-state index is -0.800. The molecular formula is C31H41N3O6. The van der Waals surface area contributed by atoms with Gasteiger partial charge >= 0.3 is 12.1 Å². The summed E-state index contributed by atoms with van der Waals surface area (Å²) in [6.07, 6.45) is 7.32. The van der Waals surface area contributed by atoms with Crippen LogP contribution < -0.4 is 10.1 Å². The second kappa shape index (κ2) is 12.0. The highest BCUT2D eigenvalue weighted by atomic mass is 16.6. The van der Waals surface area contributed by atoms with Crippen LogP contribution in [-0.2, 0) is 25.5 Å². The minimum absolute atomic E-state index is 0.0142. The Labute approximate surface area is 235 Å². The molecule has 2 amide bonds. The first-order valence-corrected chi connectivity index (χ1v) is 14.7. The van der Waals surface area contributed by atoms with E-state index >= 15 is 0 Å². The number of aromatic nitrogens is 1. The van der Waals surface area contributed by atoms with E-state index < -0.39 is 30.3 Å². The van der Waals surface area contributed by atoms with E-state index in [2.05, 4.69) is 42.3 Å². The van der Waals surface area contributed by atoms with E-state index in [1.54, 1.807) is 13.1 Å². The van der Waals surface area contributed by atoms with Crippen LogP contribution in [0, 0.1) is 11.3 Å². The summed E-state index contributed by atoms with van der Waals surface area (Å²) in [7, 11) is 0. The molecule has 0 unspecified atom stereocenters. The standard InChI is InChI=1S/C31H41N3O6/c1-4-38-29(36)25-17-23-18-34(25)28(35)26(22-9-5-6-10-22)33-30(37)39-19-31(2,3)14-7-8-20-11-12-21-13-15-32-27(40-23)24(21)16-20/h11-13,15-16,22-23,25-26H,4-10,14,17-19H2,1-3H3,(H,33,37)/t23-,25+,26+/m1/s1. The molecule has 1 aliphatic carbocycles. The van der Waals surface area contributed by atoms with Crippen molar-refractivity contribution in [2.45, 2.75) is 90.3 Å². The van der Waals surface area contributed by atoms with Crippen molar-refractivity contribution in [2.24, 2.45) is 11.3 Å². The fourth-order valence-electron chi connectivity index (χ4n) is 6.31. The van der Waals surface area contributed by atoms with Gasteiger partial charge in [0.2, 0.25) is 11.8 Å². The average molecular weight is 552 g/mol. The summed E-state index contributed by atoms with van der Waals surface area (Å²) in [6, 6.07) is 6.70. The van der Waals surface area contributed by atoms with Crippen LogP contribution in [0.25, 0.3) is 10.8 Å². The third-order valence-electron chi connectivity index (χ3n) is 8.50. The molecule has 1 aromatic heterocycles. The molecule has 5 rings (SSSR count). The number of esters is 1. The zero-order valence-corrected chi connectivity index (χ0v) is 23.8. The van der Waals surface area contributed by atoms with Gasteiger partial charge in [0.25, 0.3) is 0 Å². The van der Waals surface area contributed by atoms with Gasteiger partial charge in [-0.15, -0.1) is 0 Å². The zero-order valence-electron chi connectivity index (χ0n) is 23.8. The normalized spacial score (nSPS) is 26.1. The maximum Gasteiger partial charge on any atom is 0.407 e. The molecule has 2 aromatic rings. The fraction of sp³-hybridized carbons (Fsp3) is 0.613. The molecular weight excluding hydrogens is 510 g/mol. The molecule has 1 saturated heterocycles. The van der Waals surface area contributed by atoms with Crippen LogP contribution in [-0.4, -0.2) is 65.8 Å². The Morgan fingerprint density at radius 2 is 1.98 bits per heavy atom. The summed E-state index contributed by atoms with van der Waals surface area (Å²) in [4.78, 5) is 46.2. The number of hydrogen-bond acceptors (Lipinski definition) is 7. The van der Waals surface area contributed by atoms with E-state index in [1.165, 1.54) is 10.5 Å². The Bertz CT molecular complexity index is 1240. The molecule has 216 valence electrons. The molecule has 1 aromatic carbocycles. The van der Waals surface area contributed by atoms with Crippen LogP contribution in [0.1, 0.15) is 71.3 Å². The van der Waals surface area contributed by atoms with Crippen LogP contribution in [0.4, 0.5) is 4.79 Å². The van der Waals surface area contributed by atoms with E-state index in [9.17, 15) is 14.4 Å². The van der Waals surface area contributed by atoms with Crippen LogP contribution in [0.5, 0.6) is 5.88 Å². The number of fused-ring (bicyclic) bond motifs is 3.